The summed E-state index contributed by atoms with van der Waals surface area (Å²) in [6, 6.07) is 5.86. The number of hydrogen-bond acceptors (Lipinski definition) is 4. The maximum atomic E-state index is 13.3. The molecule has 1 aliphatic carbocycles. The van der Waals surface area contributed by atoms with E-state index in [1.54, 1.807) is 19.1 Å². The number of nitrogens with one attached hydrogen (secondary N) is 2. The number of rotatable bonds is 6. The van der Waals surface area contributed by atoms with Gasteiger partial charge in [0.1, 0.15) is 23.2 Å². The highest BCUT2D eigenvalue weighted by Gasteiger charge is 2.12. The number of carbonyl (C=O) groups is 1. The van der Waals surface area contributed by atoms with Crippen molar-refractivity contribution in [1.29, 1.82) is 0 Å². The SMILES string of the molecule is Cc1nc(Nc2ccc(F)c(Cl)c2)cc(C(=O)NCCC2=CCCCC2)n1. The maximum Gasteiger partial charge on any atom is 0.270 e. The summed E-state index contributed by atoms with van der Waals surface area (Å²) in [7, 11) is 0. The minimum Gasteiger partial charge on any atom is -0.350 e. The zero-order valence-corrected chi connectivity index (χ0v) is 15.9. The van der Waals surface area contributed by atoms with Crippen molar-refractivity contribution in [3.63, 3.8) is 0 Å². The first-order valence-electron chi connectivity index (χ1n) is 9.05. The number of aryl methyl sites for hydroxylation is 1. The molecule has 0 unspecified atom stereocenters. The molecule has 1 aromatic heterocycles. The lowest BCUT2D eigenvalue weighted by atomic mass is 9.97. The molecule has 142 valence electrons. The van der Waals surface area contributed by atoms with E-state index in [1.165, 1.54) is 30.5 Å². The van der Waals surface area contributed by atoms with Gasteiger partial charge in [-0.2, -0.15) is 0 Å². The molecule has 7 heteroatoms. The molecule has 0 bridgehead atoms. The van der Waals surface area contributed by atoms with Crippen LogP contribution in [0.25, 0.3) is 0 Å². The van der Waals surface area contributed by atoms with Crippen LogP contribution in [0.3, 0.4) is 0 Å². The van der Waals surface area contributed by atoms with Crippen molar-refractivity contribution < 1.29 is 9.18 Å². The Balaban J connectivity index is 1.64. The van der Waals surface area contributed by atoms with E-state index in [9.17, 15) is 9.18 Å². The Bertz CT molecular complexity index is 869. The number of aromatic nitrogens is 2. The van der Waals surface area contributed by atoms with Gasteiger partial charge in [0, 0.05) is 18.3 Å². The summed E-state index contributed by atoms with van der Waals surface area (Å²) in [4.78, 5) is 20.9. The Hall–Kier alpha value is -2.47. The lowest BCUT2D eigenvalue weighted by Gasteiger charge is -2.13. The molecule has 1 aromatic carbocycles. The quantitative estimate of drug-likeness (QED) is 0.687. The van der Waals surface area contributed by atoms with Crippen LogP contribution in [0, 0.1) is 12.7 Å². The summed E-state index contributed by atoms with van der Waals surface area (Å²) < 4.78 is 13.3. The normalized spacial score (nSPS) is 13.8. The molecule has 1 amide bonds. The lowest BCUT2D eigenvalue weighted by molar-refractivity contribution is 0.0948. The van der Waals surface area contributed by atoms with Crippen molar-refractivity contribution >= 4 is 29.0 Å². The fraction of sp³-hybridized carbons (Fsp3) is 0.350. The molecule has 0 radical (unpaired) electrons. The number of hydrogen-bond donors (Lipinski definition) is 2. The van der Waals surface area contributed by atoms with Crippen molar-refractivity contribution in [1.82, 2.24) is 15.3 Å². The summed E-state index contributed by atoms with van der Waals surface area (Å²) in [5, 5.41) is 5.95. The average molecular weight is 389 g/mol. The Morgan fingerprint density at radius 3 is 2.85 bits per heavy atom. The van der Waals surface area contributed by atoms with Crippen LogP contribution in [0.2, 0.25) is 5.02 Å². The van der Waals surface area contributed by atoms with Crippen molar-refractivity contribution in [2.24, 2.45) is 0 Å². The topological polar surface area (TPSA) is 66.9 Å². The third-order valence-corrected chi connectivity index (χ3v) is 4.67. The van der Waals surface area contributed by atoms with E-state index in [-0.39, 0.29) is 16.6 Å². The first-order chi connectivity index (χ1) is 13.0. The van der Waals surface area contributed by atoms with Gasteiger partial charge in [-0.3, -0.25) is 4.79 Å². The number of amides is 1. The van der Waals surface area contributed by atoms with Gasteiger partial charge in [0.2, 0.25) is 0 Å². The summed E-state index contributed by atoms with van der Waals surface area (Å²) in [5.74, 6) is 0.185. The molecule has 0 aliphatic heterocycles. The van der Waals surface area contributed by atoms with Gasteiger partial charge in [0.25, 0.3) is 5.91 Å². The fourth-order valence-electron chi connectivity index (χ4n) is 3.03. The second kappa shape index (κ2) is 8.95. The Labute approximate surface area is 163 Å². The lowest BCUT2D eigenvalue weighted by Crippen LogP contribution is -2.26. The molecule has 0 saturated heterocycles. The highest BCUT2D eigenvalue weighted by Crippen LogP contribution is 2.22. The van der Waals surface area contributed by atoms with Gasteiger partial charge < -0.3 is 10.6 Å². The second-order valence-electron chi connectivity index (χ2n) is 6.55. The van der Waals surface area contributed by atoms with Crippen molar-refractivity contribution in [2.75, 3.05) is 11.9 Å². The van der Waals surface area contributed by atoms with Gasteiger partial charge in [-0.15, -0.1) is 0 Å². The molecule has 3 rings (SSSR count). The van der Waals surface area contributed by atoms with Gasteiger partial charge in [0.15, 0.2) is 0 Å². The summed E-state index contributed by atoms with van der Waals surface area (Å²) in [6.07, 6.45) is 7.89. The van der Waals surface area contributed by atoms with E-state index in [4.69, 9.17) is 11.6 Å². The smallest absolute Gasteiger partial charge is 0.270 e. The van der Waals surface area contributed by atoms with Crippen LogP contribution in [0.15, 0.2) is 35.9 Å². The van der Waals surface area contributed by atoms with E-state index in [2.05, 4.69) is 26.7 Å². The first kappa shape index (κ1) is 19.3. The largest absolute Gasteiger partial charge is 0.350 e. The average Bonchev–Trinajstić information content (AvgIpc) is 2.65. The molecule has 2 aromatic rings. The first-order valence-corrected chi connectivity index (χ1v) is 9.43. The molecular weight excluding hydrogens is 367 g/mol. The summed E-state index contributed by atoms with van der Waals surface area (Å²) in [5.41, 5.74) is 2.28. The predicted molar refractivity (Wildman–Crippen MR) is 105 cm³/mol. The number of benzene rings is 1. The van der Waals surface area contributed by atoms with Crippen molar-refractivity contribution in [3.8, 4) is 0 Å². The van der Waals surface area contributed by atoms with Crippen molar-refractivity contribution in [3.05, 3.63) is 58.3 Å². The van der Waals surface area contributed by atoms with E-state index >= 15 is 0 Å². The number of nitrogens with zero attached hydrogens (tertiary/aromatic N) is 2. The van der Waals surface area contributed by atoms with Crippen LogP contribution >= 0.6 is 11.6 Å². The molecule has 27 heavy (non-hydrogen) atoms. The van der Waals surface area contributed by atoms with E-state index < -0.39 is 5.82 Å². The summed E-state index contributed by atoms with van der Waals surface area (Å²) in [6.45, 7) is 2.30. The molecule has 1 heterocycles. The minimum atomic E-state index is -0.491. The van der Waals surface area contributed by atoms with Crippen LogP contribution in [-0.4, -0.2) is 22.4 Å². The highest BCUT2D eigenvalue weighted by molar-refractivity contribution is 6.31. The molecule has 2 N–H and O–H groups in total. The molecule has 0 saturated carbocycles. The molecule has 5 nitrogen and oxygen atoms in total. The summed E-state index contributed by atoms with van der Waals surface area (Å²) >= 11 is 5.80. The van der Waals surface area contributed by atoms with E-state index in [0.717, 1.165) is 19.3 Å². The van der Waals surface area contributed by atoms with Gasteiger partial charge in [-0.1, -0.05) is 23.3 Å². The molecule has 0 atom stereocenters. The maximum absolute atomic E-state index is 13.3. The van der Waals surface area contributed by atoms with Crippen LogP contribution in [0.1, 0.15) is 48.4 Å². The van der Waals surface area contributed by atoms with Gasteiger partial charge in [-0.25, -0.2) is 14.4 Å². The zero-order chi connectivity index (χ0) is 19.2. The molecular formula is C20H22ClFN4O. The Morgan fingerprint density at radius 1 is 1.26 bits per heavy atom. The third-order valence-electron chi connectivity index (χ3n) is 4.38. The van der Waals surface area contributed by atoms with Crippen LogP contribution in [0.5, 0.6) is 0 Å². The Morgan fingerprint density at radius 2 is 2.11 bits per heavy atom. The van der Waals surface area contributed by atoms with E-state index in [0.29, 0.717) is 23.9 Å². The second-order valence-corrected chi connectivity index (χ2v) is 6.96. The number of allylic oxidation sites excluding steroid dienone is 1. The number of carbonyl (C=O) groups excluding carboxylic acids is 1. The predicted octanol–water partition coefficient (Wildman–Crippen LogP) is 4.94. The molecule has 0 fully saturated rings. The minimum absolute atomic E-state index is 0.0146. The zero-order valence-electron chi connectivity index (χ0n) is 15.2. The van der Waals surface area contributed by atoms with Crippen LogP contribution < -0.4 is 10.6 Å². The fourth-order valence-corrected chi connectivity index (χ4v) is 3.21. The van der Waals surface area contributed by atoms with Crippen LogP contribution in [-0.2, 0) is 0 Å². The van der Waals surface area contributed by atoms with Gasteiger partial charge >= 0.3 is 0 Å². The number of halogens is 2. The van der Waals surface area contributed by atoms with Crippen LogP contribution in [0.4, 0.5) is 15.9 Å². The van der Waals surface area contributed by atoms with Gasteiger partial charge in [-0.05, 0) is 57.2 Å². The third kappa shape index (κ3) is 5.50. The monoisotopic (exact) mass is 388 g/mol. The van der Waals surface area contributed by atoms with Gasteiger partial charge in [0.05, 0.1) is 5.02 Å². The van der Waals surface area contributed by atoms with E-state index in [1.807, 2.05) is 0 Å². The standard InChI is InChI=1S/C20H22ClFN4O/c1-13-24-18(20(27)23-10-9-14-5-3-2-4-6-14)12-19(25-13)26-15-7-8-17(22)16(21)11-15/h5,7-8,11-12H,2-4,6,9-10H2,1H3,(H,23,27)(H,24,25,26). The molecule has 1 aliphatic rings. The molecule has 0 spiro atoms. The van der Waals surface area contributed by atoms with Crippen molar-refractivity contribution in [2.45, 2.75) is 39.0 Å². The Kier molecular flexibility index (Phi) is 6.40. The highest BCUT2D eigenvalue weighted by atomic mass is 35.5. The number of anilines is 2.